The predicted octanol–water partition coefficient (Wildman–Crippen LogP) is 1.59. The zero-order valence-electron chi connectivity index (χ0n) is 10.7. The van der Waals surface area contributed by atoms with E-state index >= 15 is 0 Å². The van der Waals surface area contributed by atoms with E-state index in [-0.39, 0.29) is 22.2 Å². The summed E-state index contributed by atoms with van der Waals surface area (Å²) in [6.45, 7) is 0.176. The normalized spacial score (nSPS) is 20.0. The molecule has 1 heterocycles. The minimum Gasteiger partial charge on any atom is -0.495 e. The summed E-state index contributed by atoms with van der Waals surface area (Å²) in [5.41, 5.74) is 0. The van der Waals surface area contributed by atoms with Crippen molar-refractivity contribution in [1.82, 2.24) is 4.31 Å². The summed E-state index contributed by atoms with van der Waals surface area (Å²) >= 11 is 5.83. The van der Waals surface area contributed by atoms with Crippen LogP contribution in [0.15, 0.2) is 23.1 Å². The highest BCUT2D eigenvalue weighted by Crippen LogP contribution is 2.33. The Bertz CT molecular complexity index is 631. The van der Waals surface area contributed by atoms with Crippen LogP contribution in [0.1, 0.15) is 12.8 Å². The number of benzene rings is 1. The van der Waals surface area contributed by atoms with Gasteiger partial charge in [-0.25, -0.2) is 8.42 Å². The van der Waals surface area contributed by atoms with Gasteiger partial charge in [-0.2, -0.15) is 4.31 Å². The van der Waals surface area contributed by atoms with Gasteiger partial charge in [-0.1, -0.05) is 11.6 Å². The molecule has 1 N–H and O–H groups in total. The summed E-state index contributed by atoms with van der Waals surface area (Å²) in [5, 5.41) is 9.36. The number of halogens is 1. The molecule has 1 aromatic carbocycles. The maximum absolute atomic E-state index is 12.6. The van der Waals surface area contributed by atoms with Crippen molar-refractivity contribution in [2.24, 2.45) is 0 Å². The first-order valence-electron chi connectivity index (χ1n) is 5.96. The fraction of sp³-hybridized carbons (Fsp3) is 0.417. The average Bonchev–Trinajstić information content (AvgIpc) is 2.88. The van der Waals surface area contributed by atoms with Gasteiger partial charge in [-0.3, -0.25) is 4.79 Å². The Morgan fingerprint density at radius 2 is 2.20 bits per heavy atom. The lowest BCUT2D eigenvalue weighted by Gasteiger charge is -2.22. The Morgan fingerprint density at radius 1 is 1.50 bits per heavy atom. The highest BCUT2D eigenvalue weighted by atomic mass is 35.5. The summed E-state index contributed by atoms with van der Waals surface area (Å²) in [4.78, 5) is 11.0. The van der Waals surface area contributed by atoms with Crippen LogP contribution < -0.4 is 4.74 Å². The number of sulfonamides is 1. The molecule has 6 nitrogen and oxygen atoms in total. The fourth-order valence-corrected chi connectivity index (χ4v) is 4.32. The number of hydrogen-bond donors (Lipinski definition) is 1. The van der Waals surface area contributed by atoms with Crippen LogP contribution in [0.5, 0.6) is 5.75 Å². The average molecular weight is 320 g/mol. The molecule has 2 rings (SSSR count). The number of hydrogen-bond acceptors (Lipinski definition) is 4. The van der Waals surface area contributed by atoms with Crippen molar-refractivity contribution in [3.63, 3.8) is 0 Å². The molecule has 0 saturated carbocycles. The Balaban J connectivity index is 2.50. The molecule has 0 radical (unpaired) electrons. The van der Waals surface area contributed by atoms with Gasteiger partial charge < -0.3 is 9.84 Å². The second kappa shape index (κ2) is 5.59. The van der Waals surface area contributed by atoms with E-state index in [1.165, 1.54) is 25.3 Å². The van der Waals surface area contributed by atoms with Crippen molar-refractivity contribution in [1.29, 1.82) is 0 Å². The zero-order chi connectivity index (χ0) is 14.9. The second-order valence-corrected chi connectivity index (χ2v) is 6.70. The van der Waals surface area contributed by atoms with Gasteiger partial charge in [-0.15, -0.1) is 0 Å². The van der Waals surface area contributed by atoms with E-state index in [9.17, 15) is 13.2 Å². The minimum atomic E-state index is -3.96. The Kier molecular flexibility index (Phi) is 4.22. The smallest absolute Gasteiger partial charge is 0.322 e. The number of carboxylic acids is 1. The van der Waals surface area contributed by atoms with Crippen LogP contribution in [-0.2, 0) is 14.8 Å². The van der Waals surface area contributed by atoms with Crippen molar-refractivity contribution in [3.8, 4) is 5.75 Å². The van der Waals surface area contributed by atoms with Crippen molar-refractivity contribution in [3.05, 3.63) is 23.2 Å². The van der Waals surface area contributed by atoms with Gasteiger partial charge >= 0.3 is 5.97 Å². The van der Waals surface area contributed by atoms with Crippen LogP contribution in [0.25, 0.3) is 0 Å². The van der Waals surface area contributed by atoms with Crippen molar-refractivity contribution >= 4 is 27.6 Å². The number of nitrogens with zero attached hydrogens (tertiary/aromatic N) is 1. The summed E-state index contributed by atoms with van der Waals surface area (Å²) in [7, 11) is -2.61. The van der Waals surface area contributed by atoms with E-state index in [0.29, 0.717) is 12.8 Å². The Morgan fingerprint density at radius 3 is 2.80 bits per heavy atom. The number of aliphatic carboxylic acids is 1. The first-order valence-corrected chi connectivity index (χ1v) is 7.78. The molecule has 1 aliphatic heterocycles. The minimum absolute atomic E-state index is 0.111. The van der Waals surface area contributed by atoms with Crippen LogP contribution >= 0.6 is 11.6 Å². The third kappa shape index (κ3) is 2.61. The molecule has 0 amide bonds. The van der Waals surface area contributed by atoms with Gasteiger partial charge in [0.05, 0.1) is 7.11 Å². The third-order valence-corrected chi connectivity index (χ3v) is 5.37. The molecular weight excluding hydrogens is 306 g/mol. The third-order valence-electron chi connectivity index (χ3n) is 3.20. The molecular formula is C12H14ClNO5S. The van der Waals surface area contributed by atoms with E-state index in [2.05, 4.69) is 0 Å². The maximum Gasteiger partial charge on any atom is 0.322 e. The van der Waals surface area contributed by atoms with Gasteiger partial charge in [0.15, 0.2) is 0 Å². The lowest BCUT2D eigenvalue weighted by molar-refractivity contribution is -0.140. The summed E-state index contributed by atoms with van der Waals surface area (Å²) in [6.07, 6.45) is 0.816. The molecule has 1 unspecified atom stereocenters. The molecule has 110 valence electrons. The molecule has 0 bridgehead atoms. The SMILES string of the molecule is COc1ccc(Cl)cc1S(=O)(=O)N1CCCC1C(=O)O. The van der Waals surface area contributed by atoms with Crippen molar-refractivity contribution in [2.45, 2.75) is 23.8 Å². The van der Waals surface area contributed by atoms with Crippen LogP contribution in [0.2, 0.25) is 5.02 Å². The van der Waals surface area contributed by atoms with E-state index < -0.39 is 22.0 Å². The molecule has 1 atom stereocenters. The largest absolute Gasteiger partial charge is 0.495 e. The van der Waals surface area contributed by atoms with Gasteiger partial charge in [0.1, 0.15) is 16.7 Å². The topological polar surface area (TPSA) is 83.9 Å². The van der Waals surface area contributed by atoms with Gasteiger partial charge in [0.25, 0.3) is 0 Å². The molecule has 1 saturated heterocycles. The molecule has 8 heteroatoms. The summed E-state index contributed by atoms with van der Waals surface area (Å²) < 4.78 is 31.2. The summed E-state index contributed by atoms with van der Waals surface area (Å²) in [5.74, 6) is -1.00. The number of methoxy groups -OCH3 is 1. The fourth-order valence-electron chi connectivity index (χ4n) is 2.25. The van der Waals surface area contributed by atoms with Crippen molar-refractivity contribution in [2.75, 3.05) is 13.7 Å². The van der Waals surface area contributed by atoms with Crippen LogP contribution in [0.3, 0.4) is 0 Å². The zero-order valence-corrected chi connectivity index (χ0v) is 12.3. The molecule has 0 aliphatic carbocycles. The van der Waals surface area contributed by atoms with Gasteiger partial charge in [0, 0.05) is 11.6 Å². The predicted molar refractivity (Wildman–Crippen MR) is 72.6 cm³/mol. The van der Waals surface area contributed by atoms with E-state index in [1.807, 2.05) is 0 Å². The van der Waals surface area contributed by atoms with Crippen LogP contribution in [-0.4, -0.2) is 43.5 Å². The highest BCUT2D eigenvalue weighted by Gasteiger charge is 2.40. The first kappa shape index (κ1) is 15.1. The maximum atomic E-state index is 12.6. The lowest BCUT2D eigenvalue weighted by Crippen LogP contribution is -2.40. The highest BCUT2D eigenvalue weighted by molar-refractivity contribution is 7.89. The lowest BCUT2D eigenvalue weighted by atomic mass is 10.2. The number of ether oxygens (including phenoxy) is 1. The molecule has 1 aliphatic rings. The number of carboxylic acid groups (broad SMARTS) is 1. The Labute approximate surface area is 122 Å². The molecule has 1 aromatic rings. The second-order valence-electron chi connectivity index (χ2n) is 4.41. The van der Waals surface area contributed by atoms with Gasteiger partial charge in [0.2, 0.25) is 10.0 Å². The molecule has 0 aromatic heterocycles. The van der Waals surface area contributed by atoms with Crippen molar-refractivity contribution < 1.29 is 23.1 Å². The quantitative estimate of drug-likeness (QED) is 0.911. The first-order chi connectivity index (χ1) is 9.37. The van der Waals surface area contributed by atoms with Crippen LogP contribution in [0.4, 0.5) is 0 Å². The number of rotatable bonds is 4. The summed E-state index contributed by atoms with van der Waals surface area (Å²) in [6, 6.07) is 3.19. The standard InChI is InChI=1S/C12H14ClNO5S/c1-19-10-5-4-8(13)7-11(10)20(17,18)14-6-2-3-9(14)12(15)16/h4-5,7,9H,2-3,6H2,1H3,(H,15,16). The monoisotopic (exact) mass is 319 g/mol. The van der Waals surface area contributed by atoms with Gasteiger partial charge in [-0.05, 0) is 31.0 Å². The van der Waals surface area contributed by atoms with E-state index in [0.717, 1.165) is 4.31 Å². The molecule has 0 spiro atoms. The number of carbonyl (C=O) groups is 1. The van der Waals surface area contributed by atoms with E-state index in [1.54, 1.807) is 0 Å². The molecule has 1 fully saturated rings. The van der Waals surface area contributed by atoms with E-state index in [4.69, 9.17) is 21.4 Å². The Hall–Kier alpha value is -1.31. The van der Waals surface area contributed by atoms with Crippen LogP contribution in [0, 0.1) is 0 Å². The molecule has 20 heavy (non-hydrogen) atoms.